The highest BCUT2D eigenvalue weighted by Gasteiger charge is 2.45. The monoisotopic (exact) mass is 284 g/mol. The zero-order valence-corrected chi connectivity index (χ0v) is 12.9. The van der Waals surface area contributed by atoms with Crippen LogP contribution in [0.1, 0.15) is 65.7 Å². The van der Waals surface area contributed by atoms with Crippen LogP contribution in [0.4, 0.5) is 4.79 Å². The summed E-state index contributed by atoms with van der Waals surface area (Å²) in [6.45, 7) is 6.99. The van der Waals surface area contributed by atoms with Gasteiger partial charge < -0.3 is 15.7 Å². The molecule has 0 aromatic heterocycles. The Morgan fingerprint density at radius 2 is 1.90 bits per heavy atom. The van der Waals surface area contributed by atoms with Crippen LogP contribution in [0.25, 0.3) is 0 Å². The summed E-state index contributed by atoms with van der Waals surface area (Å²) >= 11 is 0. The lowest BCUT2D eigenvalue weighted by Gasteiger charge is -2.38. The number of hydrogen-bond donors (Lipinski definition) is 3. The van der Waals surface area contributed by atoms with Gasteiger partial charge in [-0.2, -0.15) is 0 Å². The van der Waals surface area contributed by atoms with Crippen molar-refractivity contribution in [2.75, 3.05) is 6.54 Å². The molecule has 0 spiro atoms. The van der Waals surface area contributed by atoms with Crippen LogP contribution in [0.5, 0.6) is 0 Å². The van der Waals surface area contributed by atoms with Gasteiger partial charge in [-0.15, -0.1) is 0 Å². The van der Waals surface area contributed by atoms with Crippen LogP contribution in [0, 0.1) is 5.41 Å². The maximum Gasteiger partial charge on any atom is 0.329 e. The molecule has 0 bridgehead atoms. The van der Waals surface area contributed by atoms with Crippen LogP contribution in [0.2, 0.25) is 0 Å². The summed E-state index contributed by atoms with van der Waals surface area (Å²) in [5, 5.41) is 14.6. The largest absolute Gasteiger partial charge is 0.480 e. The number of unbranched alkanes of at least 4 members (excludes halogenated alkanes) is 2. The van der Waals surface area contributed by atoms with Gasteiger partial charge in [-0.3, -0.25) is 0 Å². The lowest BCUT2D eigenvalue weighted by Crippen LogP contribution is -2.61. The van der Waals surface area contributed by atoms with E-state index in [1.807, 2.05) is 0 Å². The van der Waals surface area contributed by atoms with Gasteiger partial charge in [0.25, 0.3) is 0 Å². The highest BCUT2D eigenvalue weighted by Crippen LogP contribution is 2.32. The van der Waals surface area contributed by atoms with Gasteiger partial charge in [0.15, 0.2) is 0 Å². The van der Waals surface area contributed by atoms with Gasteiger partial charge in [0.1, 0.15) is 5.54 Å². The summed E-state index contributed by atoms with van der Waals surface area (Å²) in [7, 11) is 0. The minimum atomic E-state index is -1.03. The van der Waals surface area contributed by atoms with Crippen molar-refractivity contribution in [3.05, 3.63) is 0 Å². The Morgan fingerprint density at radius 1 is 1.25 bits per heavy atom. The molecule has 20 heavy (non-hydrogen) atoms. The first-order valence-corrected chi connectivity index (χ1v) is 7.61. The summed E-state index contributed by atoms with van der Waals surface area (Å²) in [5.74, 6) is -0.930. The number of aliphatic carboxylic acids is 1. The Labute approximate surface area is 121 Å². The first-order chi connectivity index (χ1) is 9.31. The van der Waals surface area contributed by atoms with Crippen LogP contribution in [-0.2, 0) is 4.79 Å². The standard InChI is InChI=1S/C15H28N2O3/c1-4-5-6-8-14(2,3)11-16-13(20)17-15(12(18)19)9-7-10-15/h4-11H2,1-3H3,(H,18,19)(H2,16,17,20). The molecule has 0 unspecified atom stereocenters. The summed E-state index contributed by atoms with van der Waals surface area (Å²) in [4.78, 5) is 23.0. The minimum absolute atomic E-state index is 0.0442. The van der Waals surface area contributed by atoms with Crippen molar-refractivity contribution in [1.29, 1.82) is 0 Å². The van der Waals surface area contributed by atoms with Gasteiger partial charge in [0.2, 0.25) is 0 Å². The molecule has 0 aromatic carbocycles. The summed E-state index contributed by atoms with van der Waals surface area (Å²) in [6, 6.07) is -0.365. The first kappa shape index (κ1) is 16.8. The number of rotatable bonds is 8. The van der Waals surface area contributed by atoms with Crippen LogP contribution in [-0.4, -0.2) is 29.2 Å². The van der Waals surface area contributed by atoms with E-state index < -0.39 is 11.5 Å². The molecule has 1 aliphatic rings. The Bertz CT molecular complexity index is 349. The Balaban J connectivity index is 2.33. The fourth-order valence-electron chi connectivity index (χ4n) is 2.45. The molecule has 3 N–H and O–H groups in total. The molecule has 0 heterocycles. The van der Waals surface area contributed by atoms with Gasteiger partial charge in [-0.1, -0.05) is 40.0 Å². The topological polar surface area (TPSA) is 78.4 Å². The Morgan fingerprint density at radius 3 is 2.35 bits per heavy atom. The molecule has 2 amide bonds. The van der Waals surface area contributed by atoms with Crippen molar-refractivity contribution < 1.29 is 14.7 Å². The maximum absolute atomic E-state index is 11.8. The van der Waals surface area contributed by atoms with Gasteiger partial charge in [0.05, 0.1) is 0 Å². The van der Waals surface area contributed by atoms with Crippen LogP contribution < -0.4 is 10.6 Å². The highest BCUT2D eigenvalue weighted by molar-refractivity contribution is 5.87. The predicted molar refractivity (Wildman–Crippen MR) is 78.7 cm³/mol. The van der Waals surface area contributed by atoms with Crippen LogP contribution in [0.15, 0.2) is 0 Å². The molecule has 0 aromatic rings. The van der Waals surface area contributed by atoms with E-state index in [1.54, 1.807) is 0 Å². The van der Waals surface area contributed by atoms with E-state index in [9.17, 15) is 9.59 Å². The van der Waals surface area contributed by atoms with E-state index in [2.05, 4.69) is 31.4 Å². The number of carbonyl (C=O) groups is 2. The molecule has 0 radical (unpaired) electrons. The van der Waals surface area contributed by atoms with Crippen molar-refractivity contribution in [2.45, 2.75) is 71.3 Å². The smallest absolute Gasteiger partial charge is 0.329 e. The van der Waals surface area contributed by atoms with Crippen LogP contribution in [0.3, 0.4) is 0 Å². The molecule has 1 fully saturated rings. The first-order valence-electron chi connectivity index (χ1n) is 7.61. The fourth-order valence-corrected chi connectivity index (χ4v) is 2.45. The number of carboxylic acid groups (broad SMARTS) is 1. The average Bonchev–Trinajstić information content (AvgIpc) is 2.31. The second kappa shape index (κ2) is 6.95. The average molecular weight is 284 g/mol. The number of nitrogens with one attached hydrogen (secondary N) is 2. The molecule has 0 saturated heterocycles. The Kier molecular flexibility index (Phi) is 5.84. The van der Waals surface area contributed by atoms with Gasteiger partial charge in [-0.25, -0.2) is 9.59 Å². The molecular weight excluding hydrogens is 256 g/mol. The van der Waals surface area contributed by atoms with Crippen molar-refractivity contribution in [3.63, 3.8) is 0 Å². The SMILES string of the molecule is CCCCCC(C)(C)CNC(=O)NC1(C(=O)O)CCC1. The van der Waals surface area contributed by atoms with Gasteiger partial charge in [-0.05, 0) is 31.1 Å². The number of carbonyl (C=O) groups excluding carboxylic acids is 1. The molecule has 1 aliphatic carbocycles. The molecule has 1 rings (SSSR count). The number of urea groups is 1. The second-order valence-electron chi connectivity index (χ2n) is 6.67. The summed E-state index contributed by atoms with van der Waals surface area (Å²) in [6.07, 6.45) is 6.51. The molecule has 0 aliphatic heterocycles. The quantitative estimate of drug-likeness (QED) is 0.600. The van der Waals surface area contributed by atoms with Crippen molar-refractivity contribution in [2.24, 2.45) is 5.41 Å². The molecule has 116 valence electrons. The third-order valence-corrected chi connectivity index (χ3v) is 4.15. The number of hydrogen-bond acceptors (Lipinski definition) is 2. The normalized spacial score (nSPS) is 17.1. The van der Waals surface area contributed by atoms with E-state index in [1.165, 1.54) is 12.8 Å². The van der Waals surface area contributed by atoms with Crippen molar-refractivity contribution in [3.8, 4) is 0 Å². The van der Waals surface area contributed by atoms with E-state index in [-0.39, 0.29) is 11.4 Å². The summed E-state index contributed by atoms with van der Waals surface area (Å²) < 4.78 is 0. The fraction of sp³-hybridized carbons (Fsp3) is 0.867. The minimum Gasteiger partial charge on any atom is -0.480 e. The molecule has 5 heteroatoms. The predicted octanol–water partition coefficient (Wildman–Crippen LogP) is 2.90. The lowest BCUT2D eigenvalue weighted by molar-refractivity contribution is -0.148. The van der Waals surface area contributed by atoms with E-state index >= 15 is 0 Å². The maximum atomic E-state index is 11.8. The van der Waals surface area contributed by atoms with Gasteiger partial charge >= 0.3 is 12.0 Å². The van der Waals surface area contributed by atoms with Crippen molar-refractivity contribution >= 4 is 12.0 Å². The zero-order valence-electron chi connectivity index (χ0n) is 12.9. The molecule has 0 atom stereocenters. The van der Waals surface area contributed by atoms with Gasteiger partial charge in [0, 0.05) is 6.54 Å². The van der Waals surface area contributed by atoms with E-state index in [0.717, 1.165) is 19.3 Å². The third kappa shape index (κ3) is 4.69. The number of amides is 2. The molecule has 1 saturated carbocycles. The highest BCUT2D eigenvalue weighted by atomic mass is 16.4. The van der Waals surface area contributed by atoms with E-state index in [0.29, 0.717) is 19.4 Å². The molecule has 5 nitrogen and oxygen atoms in total. The van der Waals surface area contributed by atoms with E-state index in [4.69, 9.17) is 5.11 Å². The number of carboxylic acids is 1. The summed E-state index contributed by atoms with van der Waals surface area (Å²) in [5.41, 5.74) is -0.987. The van der Waals surface area contributed by atoms with Crippen LogP contribution >= 0.6 is 0 Å². The van der Waals surface area contributed by atoms with Crippen molar-refractivity contribution in [1.82, 2.24) is 10.6 Å². The lowest BCUT2D eigenvalue weighted by atomic mass is 9.77. The zero-order chi connectivity index (χ0) is 15.2. The molecular formula is C15H28N2O3. The Hall–Kier alpha value is -1.26. The second-order valence-corrected chi connectivity index (χ2v) is 6.67. The third-order valence-electron chi connectivity index (χ3n) is 4.15.